The number of carbonyl (C=O) groups excluding carboxylic acids is 3. The van der Waals surface area contributed by atoms with Crippen molar-refractivity contribution < 1.29 is 42.8 Å². The van der Waals surface area contributed by atoms with Gasteiger partial charge in [-0.15, -0.1) is 0 Å². The van der Waals surface area contributed by atoms with Crippen molar-refractivity contribution in [3.63, 3.8) is 0 Å². The van der Waals surface area contributed by atoms with Gasteiger partial charge in [0.25, 0.3) is 0 Å². The molecule has 168 valence electrons. The molecule has 2 aliphatic rings. The van der Waals surface area contributed by atoms with Crippen LogP contribution >= 0.6 is 11.6 Å². The number of hydrogen-bond acceptors (Lipinski definition) is 10. The van der Waals surface area contributed by atoms with E-state index in [-0.39, 0.29) is 12.5 Å². The van der Waals surface area contributed by atoms with E-state index < -0.39 is 48.6 Å². The number of hydrogen-bond donors (Lipinski definition) is 0. The van der Waals surface area contributed by atoms with Crippen molar-refractivity contribution in [3.8, 4) is 5.75 Å². The molecule has 1 saturated heterocycles. The molecule has 5 atom stereocenters. The lowest BCUT2D eigenvalue weighted by molar-refractivity contribution is -0.236. The Labute approximate surface area is 183 Å². The molecule has 0 aromatic heterocycles. The van der Waals surface area contributed by atoms with Crippen LogP contribution in [0.1, 0.15) is 26.3 Å². The molecular formula is C20H22ClNO9. The molecule has 0 spiro atoms. The van der Waals surface area contributed by atoms with E-state index in [0.29, 0.717) is 16.3 Å². The summed E-state index contributed by atoms with van der Waals surface area (Å²) in [5.41, 5.74) is 0.475. The molecule has 0 N–H and O–H groups in total. The third-order valence-corrected chi connectivity index (χ3v) is 4.88. The maximum Gasteiger partial charge on any atom is 0.303 e. The van der Waals surface area contributed by atoms with E-state index in [9.17, 15) is 14.4 Å². The Bertz CT molecular complexity index is 903. The Balaban J connectivity index is 1.93. The van der Waals surface area contributed by atoms with Crippen LogP contribution in [0.4, 0.5) is 0 Å². The number of halogens is 1. The van der Waals surface area contributed by atoms with Gasteiger partial charge in [-0.25, -0.2) is 4.99 Å². The molecule has 1 fully saturated rings. The number of carbonyl (C=O) groups is 3. The van der Waals surface area contributed by atoms with Crippen molar-refractivity contribution in [2.45, 2.75) is 51.4 Å². The number of aliphatic imine (C=N–C) groups is 1. The highest BCUT2D eigenvalue weighted by molar-refractivity contribution is 6.34. The number of nitrogens with zero attached hydrogens (tertiary/aromatic N) is 1. The third-order valence-electron chi connectivity index (χ3n) is 4.56. The maximum absolute atomic E-state index is 11.8. The minimum Gasteiger partial charge on any atom is -0.497 e. The molecule has 3 rings (SSSR count). The SMILES string of the molecule is COc1ccc(C2=N[C@H]3O[C@H](COC(C)=O)[C@@H](OC(C)=O)[C@H](OC(C)=O)[C@H]3O2)c(Cl)c1. The number of methoxy groups -OCH3 is 1. The van der Waals surface area contributed by atoms with Crippen LogP contribution in [-0.2, 0) is 38.1 Å². The van der Waals surface area contributed by atoms with Gasteiger partial charge in [0, 0.05) is 20.8 Å². The number of fused-ring (bicyclic) bond motifs is 1. The first-order chi connectivity index (χ1) is 14.7. The second kappa shape index (κ2) is 9.52. The summed E-state index contributed by atoms with van der Waals surface area (Å²) < 4.78 is 32.8. The molecular weight excluding hydrogens is 434 g/mol. The predicted octanol–water partition coefficient (Wildman–Crippen LogP) is 1.65. The van der Waals surface area contributed by atoms with Gasteiger partial charge >= 0.3 is 17.9 Å². The summed E-state index contributed by atoms with van der Waals surface area (Å²) in [4.78, 5) is 39.2. The van der Waals surface area contributed by atoms with Gasteiger partial charge in [-0.3, -0.25) is 14.4 Å². The molecule has 0 saturated carbocycles. The smallest absolute Gasteiger partial charge is 0.303 e. The normalized spacial score (nSPS) is 26.7. The summed E-state index contributed by atoms with van der Waals surface area (Å²) in [5.74, 6) is -1.08. The van der Waals surface area contributed by atoms with Crippen LogP contribution in [0, 0.1) is 0 Å². The first-order valence-corrected chi connectivity index (χ1v) is 9.79. The number of benzene rings is 1. The van der Waals surface area contributed by atoms with Crippen molar-refractivity contribution in [3.05, 3.63) is 28.8 Å². The van der Waals surface area contributed by atoms with E-state index in [4.69, 9.17) is 40.0 Å². The second-order valence-electron chi connectivity index (χ2n) is 6.88. The highest BCUT2D eigenvalue weighted by atomic mass is 35.5. The topological polar surface area (TPSA) is 119 Å². The summed E-state index contributed by atoms with van der Waals surface area (Å²) in [7, 11) is 1.51. The van der Waals surface area contributed by atoms with Gasteiger partial charge < -0.3 is 28.4 Å². The maximum atomic E-state index is 11.8. The summed E-state index contributed by atoms with van der Waals surface area (Å²) in [6.45, 7) is 3.42. The van der Waals surface area contributed by atoms with E-state index >= 15 is 0 Å². The summed E-state index contributed by atoms with van der Waals surface area (Å²) >= 11 is 6.32. The highest BCUT2D eigenvalue weighted by Gasteiger charge is 2.54. The van der Waals surface area contributed by atoms with Gasteiger partial charge in [0.1, 0.15) is 18.5 Å². The Morgan fingerprint density at radius 3 is 2.32 bits per heavy atom. The largest absolute Gasteiger partial charge is 0.497 e. The zero-order valence-electron chi connectivity index (χ0n) is 17.3. The minimum atomic E-state index is -1.08. The van der Waals surface area contributed by atoms with E-state index in [2.05, 4.69) is 4.99 Å². The van der Waals surface area contributed by atoms with Gasteiger partial charge in [-0.1, -0.05) is 11.6 Å². The van der Waals surface area contributed by atoms with Crippen molar-refractivity contribution >= 4 is 35.4 Å². The number of rotatable bonds is 6. The summed E-state index contributed by atoms with van der Waals surface area (Å²) in [6.07, 6.45) is -4.89. The van der Waals surface area contributed by atoms with Crippen molar-refractivity contribution in [1.82, 2.24) is 0 Å². The van der Waals surface area contributed by atoms with Crippen LogP contribution in [-0.4, -0.2) is 68.2 Å². The molecule has 0 unspecified atom stereocenters. The lowest BCUT2D eigenvalue weighted by Crippen LogP contribution is -2.60. The number of esters is 3. The molecule has 2 aliphatic heterocycles. The van der Waals surface area contributed by atoms with Crippen LogP contribution in [0.5, 0.6) is 5.75 Å². The highest BCUT2D eigenvalue weighted by Crippen LogP contribution is 2.35. The molecule has 0 radical (unpaired) electrons. The van der Waals surface area contributed by atoms with Gasteiger partial charge in [-0.2, -0.15) is 0 Å². The van der Waals surface area contributed by atoms with E-state index in [0.717, 1.165) is 0 Å². The number of ether oxygens (including phenoxy) is 6. The van der Waals surface area contributed by atoms with Crippen molar-refractivity contribution in [2.75, 3.05) is 13.7 Å². The quantitative estimate of drug-likeness (QED) is 0.465. The molecule has 31 heavy (non-hydrogen) atoms. The molecule has 0 bridgehead atoms. The molecule has 11 heteroatoms. The van der Waals surface area contributed by atoms with Crippen LogP contribution in [0.3, 0.4) is 0 Å². The standard InChI is InChI=1S/C20H22ClNO9/c1-9(23)27-8-15-16(28-10(2)24)17(29-11(3)25)18-20(30-15)22-19(31-18)13-6-5-12(26-4)7-14(13)21/h5-7,15-18,20H,8H2,1-4H3/t15-,16-,17+,18-,20+/m1/s1. The fourth-order valence-corrected chi connectivity index (χ4v) is 3.57. The van der Waals surface area contributed by atoms with Gasteiger partial charge in [-0.05, 0) is 18.2 Å². The predicted molar refractivity (Wildman–Crippen MR) is 106 cm³/mol. The molecule has 1 aromatic rings. The van der Waals surface area contributed by atoms with Crippen molar-refractivity contribution in [2.24, 2.45) is 4.99 Å². The van der Waals surface area contributed by atoms with Gasteiger partial charge in [0.15, 0.2) is 24.5 Å². The monoisotopic (exact) mass is 455 g/mol. The lowest BCUT2D eigenvalue weighted by atomic mass is 9.98. The minimum absolute atomic E-state index is 0.162. The van der Waals surface area contributed by atoms with E-state index in [1.54, 1.807) is 18.2 Å². The fourth-order valence-electron chi connectivity index (χ4n) is 3.32. The Morgan fingerprint density at radius 2 is 1.74 bits per heavy atom. The third kappa shape index (κ3) is 5.26. The molecule has 1 aromatic carbocycles. The van der Waals surface area contributed by atoms with Crippen LogP contribution < -0.4 is 4.74 Å². The van der Waals surface area contributed by atoms with Crippen LogP contribution in [0.15, 0.2) is 23.2 Å². The molecule has 2 heterocycles. The Hall–Kier alpha value is -2.85. The van der Waals surface area contributed by atoms with Crippen molar-refractivity contribution in [1.29, 1.82) is 0 Å². The zero-order valence-corrected chi connectivity index (χ0v) is 18.1. The second-order valence-corrected chi connectivity index (χ2v) is 7.29. The first-order valence-electron chi connectivity index (χ1n) is 9.41. The average molecular weight is 456 g/mol. The zero-order chi connectivity index (χ0) is 22.7. The Kier molecular flexibility index (Phi) is 7.01. The van der Waals surface area contributed by atoms with Crippen LogP contribution in [0.25, 0.3) is 0 Å². The summed E-state index contributed by atoms with van der Waals surface area (Å²) in [6, 6.07) is 4.95. The van der Waals surface area contributed by atoms with Gasteiger partial charge in [0.2, 0.25) is 5.90 Å². The summed E-state index contributed by atoms with van der Waals surface area (Å²) in [5, 5.41) is 0.328. The first kappa shape index (κ1) is 22.8. The fraction of sp³-hybridized carbons (Fsp3) is 0.500. The Morgan fingerprint density at radius 1 is 1.06 bits per heavy atom. The average Bonchev–Trinajstić information content (AvgIpc) is 3.11. The molecule has 0 amide bonds. The molecule has 10 nitrogen and oxygen atoms in total. The molecule has 0 aliphatic carbocycles. The van der Waals surface area contributed by atoms with Gasteiger partial charge in [0.05, 0.1) is 17.7 Å². The van der Waals surface area contributed by atoms with Crippen LogP contribution in [0.2, 0.25) is 5.02 Å². The van der Waals surface area contributed by atoms with E-state index in [1.807, 2.05) is 0 Å². The lowest BCUT2D eigenvalue weighted by Gasteiger charge is -2.40. The van der Waals surface area contributed by atoms with E-state index in [1.165, 1.54) is 27.9 Å².